The molecule has 2 nitrogen and oxygen atoms in total. The Morgan fingerprint density at radius 1 is 0.926 bits per heavy atom. The SMILES string of the molecule is Cc1ccccc1CN1CCCn2cccc2[C@@H]1c1cc(F)c(F)cc1F. The molecule has 27 heavy (non-hydrogen) atoms. The average molecular weight is 370 g/mol. The molecule has 1 atom stereocenters. The molecule has 4 rings (SSSR count). The fraction of sp³-hybridized carbons (Fsp3) is 0.273. The molecule has 2 heterocycles. The fourth-order valence-electron chi connectivity index (χ4n) is 3.92. The molecular formula is C22H21F3N2. The molecule has 2 aromatic carbocycles. The van der Waals surface area contributed by atoms with Crippen LogP contribution in [0.15, 0.2) is 54.7 Å². The highest BCUT2D eigenvalue weighted by Crippen LogP contribution is 2.35. The van der Waals surface area contributed by atoms with Crippen LogP contribution < -0.4 is 0 Å². The number of nitrogens with zero attached hydrogens (tertiary/aromatic N) is 2. The zero-order valence-electron chi connectivity index (χ0n) is 15.1. The quantitative estimate of drug-likeness (QED) is 0.575. The van der Waals surface area contributed by atoms with Crippen LogP contribution in [0, 0.1) is 24.4 Å². The number of rotatable bonds is 3. The van der Waals surface area contributed by atoms with Crippen LogP contribution in [0.5, 0.6) is 0 Å². The van der Waals surface area contributed by atoms with Crippen LogP contribution in [-0.2, 0) is 13.1 Å². The first-order chi connectivity index (χ1) is 13.0. The largest absolute Gasteiger partial charge is 0.350 e. The fourth-order valence-corrected chi connectivity index (χ4v) is 3.92. The summed E-state index contributed by atoms with van der Waals surface area (Å²) in [4.78, 5) is 2.15. The molecule has 0 N–H and O–H groups in total. The molecule has 5 heteroatoms. The summed E-state index contributed by atoms with van der Waals surface area (Å²) < 4.78 is 44.2. The summed E-state index contributed by atoms with van der Waals surface area (Å²) >= 11 is 0. The maximum atomic E-state index is 14.7. The number of benzene rings is 2. The average Bonchev–Trinajstić information content (AvgIpc) is 3.03. The van der Waals surface area contributed by atoms with E-state index < -0.39 is 23.5 Å². The van der Waals surface area contributed by atoms with Gasteiger partial charge in [-0.1, -0.05) is 24.3 Å². The van der Waals surface area contributed by atoms with Crippen LogP contribution in [-0.4, -0.2) is 16.0 Å². The van der Waals surface area contributed by atoms with Crippen molar-refractivity contribution in [3.63, 3.8) is 0 Å². The Kier molecular flexibility index (Phi) is 4.79. The molecule has 0 saturated heterocycles. The minimum atomic E-state index is -1.16. The summed E-state index contributed by atoms with van der Waals surface area (Å²) in [6, 6.07) is 13.1. The lowest BCUT2D eigenvalue weighted by atomic mass is 9.99. The standard InChI is InChI=1S/C22H21F3N2/c1-15-6-2-3-7-16(15)14-27-11-5-10-26-9-4-8-21(26)22(27)17-12-19(24)20(25)13-18(17)23/h2-4,6-9,12-13,22H,5,10-11,14H2,1H3/t22-/m0/s1. The molecule has 140 valence electrons. The van der Waals surface area contributed by atoms with Gasteiger partial charge in [0.1, 0.15) is 5.82 Å². The van der Waals surface area contributed by atoms with Gasteiger partial charge in [-0.05, 0) is 42.7 Å². The molecule has 1 aliphatic rings. The van der Waals surface area contributed by atoms with Gasteiger partial charge in [0.25, 0.3) is 0 Å². The second-order valence-corrected chi connectivity index (χ2v) is 7.07. The maximum Gasteiger partial charge on any atom is 0.161 e. The van der Waals surface area contributed by atoms with Crippen LogP contribution in [0.25, 0.3) is 0 Å². The molecule has 0 aliphatic carbocycles. The smallest absolute Gasteiger partial charge is 0.161 e. The molecule has 1 aliphatic heterocycles. The third-order valence-electron chi connectivity index (χ3n) is 5.32. The summed E-state index contributed by atoms with van der Waals surface area (Å²) in [6.45, 7) is 4.21. The Bertz CT molecular complexity index is 964. The van der Waals surface area contributed by atoms with E-state index in [9.17, 15) is 13.2 Å². The van der Waals surface area contributed by atoms with Crippen molar-refractivity contribution < 1.29 is 13.2 Å². The summed E-state index contributed by atoms with van der Waals surface area (Å²) in [6.07, 6.45) is 2.85. The zero-order chi connectivity index (χ0) is 19.0. The van der Waals surface area contributed by atoms with Gasteiger partial charge in [0.05, 0.1) is 6.04 Å². The van der Waals surface area contributed by atoms with Crippen molar-refractivity contribution in [2.45, 2.75) is 32.5 Å². The van der Waals surface area contributed by atoms with Gasteiger partial charge in [-0.3, -0.25) is 4.90 Å². The Morgan fingerprint density at radius 3 is 2.52 bits per heavy atom. The predicted octanol–water partition coefficient (Wildman–Crippen LogP) is 5.21. The van der Waals surface area contributed by atoms with E-state index in [0.717, 1.165) is 42.4 Å². The predicted molar refractivity (Wildman–Crippen MR) is 98.8 cm³/mol. The van der Waals surface area contributed by atoms with Gasteiger partial charge in [-0.25, -0.2) is 13.2 Å². The highest BCUT2D eigenvalue weighted by atomic mass is 19.2. The minimum Gasteiger partial charge on any atom is -0.350 e. The van der Waals surface area contributed by atoms with Crippen molar-refractivity contribution in [2.75, 3.05) is 6.54 Å². The summed E-state index contributed by atoms with van der Waals surface area (Å²) in [5.74, 6) is -2.90. The summed E-state index contributed by atoms with van der Waals surface area (Å²) in [5.41, 5.74) is 3.36. The number of aromatic nitrogens is 1. The molecule has 0 spiro atoms. The third-order valence-corrected chi connectivity index (χ3v) is 5.32. The first kappa shape index (κ1) is 17.9. The minimum absolute atomic E-state index is 0.171. The van der Waals surface area contributed by atoms with Gasteiger partial charge in [-0.15, -0.1) is 0 Å². The lowest BCUT2D eigenvalue weighted by Gasteiger charge is -2.31. The van der Waals surface area contributed by atoms with Gasteiger partial charge in [-0.2, -0.15) is 0 Å². The second-order valence-electron chi connectivity index (χ2n) is 7.07. The van der Waals surface area contributed by atoms with E-state index in [0.29, 0.717) is 12.6 Å². The molecule has 0 bridgehead atoms. The summed E-state index contributed by atoms with van der Waals surface area (Å²) in [7, 11) is 0. The van der Waals surface area contributed by atoms with Crippen LogP contribution in [0.2, 0.25) is 0 Å². The van der Waals surface area contributed by atoms with Crippen molar-refractivity contribution in [2.24, 2.45) is 0 Å². The molecule has 0 saturated carbocycles. The molecular weight excluding hydrogens is 349 g/mol. The van der Waals surface area contributed by atoms with Crippen molar-refractivity contribution in [1.29, 1.82) is 0 Å². The highest BCUT2D eigenvalue weighted by Gasteiger charge is 2.30. The van der Waals surface area contributed by atoms with E-state index in [-0.39, 0.29) is 5.56 Å². The van der Waals surface area contributed by atoms with Crippen molar-refractivity contribution in [3.05, 3.63) is 94.6 Å². The Labute approximate surface area is 156 Å². The van der Waals surface area contributed by atoms with Crippen LogP contribution in [0.1, 0.15) is 34.8 Å². The van der Waals surface area contributed by atoms with Gasteiger partial charge in [0.15, 0.2) is 11.6 Å². The highest BCUT2D eigenvalue weighted by molar-refractivity contribution is 5.33. The number of hydrogen-bond acceptors (Lipinski definition) is 1. The van der Waals surface area contributed by atoms with Crippen LogP contribution >= 0.6 is 0 Å². The number of fused-ring (bicyclic) bond motifs is 1. The lowest BCUT2D eigenvalue weighted by molar-refractivity contribution is 0.215. The molecule has 3 aromatic rings. The molecule has 0 radical (unpaired) electrons. The number of halogens is 3. The third kappa shape index (κ3) is 3.39. The van der Waals surface area contributed by atoms with Gasteiger partial charge in [0.2, 0.25) is 0 Å². The second kappa shape index (κ2) is 7.24. The molecule has 0 unspecified atom stereocenters. The van der Waals surface area contributed by atoms with E-state index in [2.05, 4.69) is 15.5 Å². The van der Waals surface area contributed by atoms with Gasteiger partial charge < -0.3 is 4.57 Å². The normalized spacial score (nSPS) is 17.6. The Morgan fingerprint density at radius 2 is 1.70 bits per heavy atom. The topological polar surface area (TPSA) is 8.17 Å². The van der Waals surface area contributed by atoms with E-state index in [4.69, 9.17) is 0 Å². The monoisotopic (exact) mass is 370 g/mol. The van der Waals surface area contributed by atoms with Crippen molar-refractivity contribution in [3.8, 4) is 0 Å². The van der Waals surface area contributed by atoms with Crippen LogP contribution in [0.4, 0.5) is 13.2 Å². The Balaban J connectivity index is 1.82. The first-order valence-electron chi connectivity index (χ1n) is 9.12. The zero-order valence-corrected chi connectivity index (χ0v) is 15.1. The van der Waals surface area contributed by atoms with E-state index in [1.807, 2.05) is 43.5 Å². The van der Waals surface area contributed by atoms with Gasteiger partial charge in [0, 0.05) is 43.2 Å². The van der Waals surface area contributed by atoms with E-state index in [1.165, 1.54) is 0 Å². The molecule has 0 fully saturated rings. The lowest BCUT2D eigenvalue weighted by Crippen LogP contribution is -2.30. The van der Waals surface area contributed by atoms with E-state index in [1.54, 1.807) is 0 Å². The maximum absolute atomic E-state index is 14.7. The first-order valence-corrected chi connectivity index (χ1v) is 9.12. The molecule has 1 aromatic heterocycles. The molecule has 0 amide bonds. The van der Waals surface area contributed by atoms with Crippen molar-refractivity contribution >= 4 is 0 Å². The Hall–Kier alpha value is -2.53. The van der Waals surface area contributed by atoms with E-state index >= 15 is 0 Å². The number of hydrogen-bond donors (Lipinski definition) is 0. The summed E-state index contributed by atoms with van der Waals surface area (Å²) in [5, 5.41) is 0. The number of aryl methyl sites for hydroxylation is 2. The van der Waals surface area contributed by atoms with Gasteiger partial charge >= 0.3 is 0 Å². The van der Waals surface area contributed by atoms with Crippen molar-refractivity contribution in [1.82, 2.24) is 9.47 Å². The van der Waals surface area contributed by atoms with Crippen LogP contribution in [0.3, 0.4) is 0 Å².